The molecule has 2 aliphatic heterocycles. The van der Waals surface area contributed by atoms with Crippen LogP contribution in [0.3, 0.4) is 0 Å². The number of guanidine groups is 1. The smallest absolute Gasteiger partial charge is 0.366 e. The van der Waals surface area contributed by atoms with Crippen molar-refractivity contribution in [3.63, 3.8) is 0 Å². The Bertz CT molecular complexity index is 1330. The number of H-pyrrole nitrogens is 1. The number of primary amides is 1. The van der Waals surface area contributed by atoms with Crippen molar-refractivity contribution in [3.05, 3.63) is 81.9 Å². The second kappa shape index (κ2) is 8.38. The third-order valence-corrected chi connectivity index (χ3v) is 6.29. The molecule has 2 aromatic carbocycles. The van der Waals surface area contributed by atoms with E-state index in [1.807, 2.05) is 11.8 Å². The maximum Gasteiger partial charge on any atom is 0.416 e. The summed E-state index contributed by atoms with van der Waals surface area (Å²) in [5.41, 5.74) is 6.98. The number of aromatic nitrogens is 2. The fourth-order valence-electron chi connectivity index (χ4n) is 4.53. The van der Waals surface area contributed by atoms with E-state index in [1.165, 1.54) is 0 Å². The lowest BCUT2D eigenvalue weighted by atomic mass is 10.0. The van der Waals surface area contributed by atoms with E-state index in [2.05, 4.69) is 25.8 Å². The van der Waals surface area contributed by atoms with E-state index in [0.29, 0.717) is 23.8 Å². The molecule has 8 nitrogen and oxygen atoms in total. The van der Waals surface area contributed by atoms with Gasteiger partial charge in [-0.05, 0) is 25.1 Å². The van der Waals surface area contributed by atoms with Crippen molar-refractivity contribution in [1.82, 2.24) is 20.4 Å². The van der Waals surface area contributed by atoms with E-state index in [4.69, 9.17) is 5.73 Å². The molecule has 12 heteroatoms. The van der Waals surface area contributed by atoms with E-state index in [1.54, 1.807) is 24.4 Å². The number of rotatable bonds is 4. The van der Waals surface area contributed by atoms with Crippen molar-refractivity contribution in [2.45, 2.75) is 38.4 Å². The summed E-state index contributed by atoms with van der Waals surface area (Å²) in [6.07, 6.45) is -3.87. The topological polar surface area (TPSA) is 111 Å². The summed E-state index contributed by atoms with van der Waals surface area (Å²) in [5.74, 6) is -1.26. The number of hydrogen-bond acceptors (Lipinski definition) is 6. The van der Waals surface area contributed by atoms with Crippen LogP contribution in [0, 0.1) is 5.82 Å². The van der Waals surface area contributed by atoms with Gasteiger partial charge in [0.1, 0.15) is 12.0 Å². The Kier molecular flexibility index (Phi) is 5.47. The number of alkyl halides is 3. The van der Waals surface area contributed by atoms with E-state index in [0.717, 1.165) is 29.5 Å². The summed E-state index contributed by atoms with van der Waals surface area (Å²) >= 11 is 0. The van der Waals surface area contributed by atoms with Gasteiger partial charge in [0, 0.05) is 29.8 Å². The largest absolute Gasteiger partial charge is 0.416 e. The number of carbonyl (C=O) groups is 1. The molecule has 35 heavy (non-hydrogen) atoms. The van der Waals surface area contributed by atoms with Crippen LogP contribution in [0.1, 0.15) is 57.4 Å². The van der Waals surface area contributed by atoms with Crippen LogP contribution in [-0.4, -0.2) is 27.0 Å². The molecule has 3 heterocycles. The summed E-state index contributed by atoms with van der Waals surface area (Å²) in [6.45, 7) is 1.98. The SMILES string of the molecule is C[C@@H]1c2[nH]ncc2CN1C1=NC(NCc2c(F)cccc2C(F)(F)F)c2cccc(C(N)=O)c2N1. The molecule has 5 rings (SSSR count). The number of halogens is 4. The highest BCUT2D eigenvalue weighted by molar-refractivity contribution is 6.06. The molecule has 5 N–H and O–H groups in total. The molecule has 0 saturated heterocycles. The molecular weight excluding hydrogens is 466 g/mol. The van der Waals surface area contributed by atoms with Gasteiger partial charge in [0.05, 0.1) is 34.7 Å². The molecule has 3 aromatic rings. The van der Waals surface area contributed by atoms with Gasteiger partial charge >= 0.3 is 6.18 Å². The standard InChI is InChI=1S/C23H21F4N7O/c1-11-18-12(8-30-33-18)10-34(11)22-31-19-13(20(28)35)4-2-5-14(19)21(32-22)29-9-15-16(23(25,26)27)6-3-7-17(15)24/h2-8,11,21,29H,9-10H2,1H3,(H2,28,35)(H,30,33)(H,31,32)/t11-,21?/m1/s1. The average Bonchev–Trinajstić information content (AvgIpc) is 3.39. The number of aliphatic imine (C=N–C) groups is 1. The van der Waals surface area contributed by atoms with Crippen LogP contribution >= 0.6 is 0 Å². The number of nitrogens with two attached hydrogens (primary N) is 1. The number of anilines is 1. The highest BCUT2D eigenvalue weighted by atomic mass is 19.4. The number of hydrogen-bond donors (Lipinski definition) is 4. The van der Waals surface area contributed by atoms with Gasteiger partial charge in [-0.2, -0.15) is 18.3 Å². The summed E-state index contributed by atoms with van der Waals surface area (Å²) in [4.78, 5) is 18.7. The Morgan fingerprint density at radius 3 is 2.74 bits per heavy atom. The summed E-state index contributed by atoms with van der Waals surface area (Å²) in [7, 11) is 0. The fraction of sp³-hybridized carbons (Fsp3) is 0.261. The molecule has 182 valence electrons. The summed E-state index contributed by atoms with van der Waals surface area (Å²) in [6, 6.07) is 7.54. The van der Waals surface area contributed by atoms with E-state index >= 15 is 0 Å². The lowest BCUT2D eigenvalue weighted by Gasteiger charge is -2.33. The monoisotopic (exact) mass is 487 g/mol. The Hall–Kier alpha value is -3.93. The van der Waals surface area contributed by atoms with Crippen LogP contribution in [0.15, 0.2) is 47.6 Å². The highest BCUT2D eigenvalue weighted by Crippen LogP contribution is 2.38. The minimum absolute atomic E-state index is 0.134. The van der Waals surface area contributed by atoms with Crippen LogP contribution < -0.4 is 16.4 Å². The number of para-hydroxylation sites is 1. The maximum atomic E-state index is 14.4. The molecular formula is C23H21F4N7O. The Labute approximate surface area is 197 Å². The van der Waals surface area contributed by atoms with Gasteiger partial charge in [0.25, 0.3) is 5.91 Å². The zero-order valence-electron chi connectivity index (χ0n) is 18.4. The Balaban J connectivity index is 1.52. The van der Waals surface area contributed by atoms with Gasteiger partial charge in [-0.3, -0.25) is 15.2 Å². The predicted octanol–water partition coefficient (Wildman–Crippen LogP) is 3.81. The van der Waals surface area contributed by atoms with E-state index in [9.17, 15) is 22.4 Å². The van der Waals surface area contributed by atoms with Crippen molar-refractivity contribution in [1.29, 1.82) is 0 Å². The van der Waals surface area contributed by atoms with Gasteiger partial charge in [0.15, 0.2) is 0 Å². The summed E-state index contributed by atoms with van der Waals surface area (Å²) in [5, 5.41) is 13.1. The quantitative estimate of drug-likeness (QED) is 0.418. The molecule has 0 fully saturated rings. The first-order valence-corrected chi connectivity index (χ1v) is 10.8. The summed E-state index contributed by atoms with van der Waals surface area (Å²) < 4.78 is 54.9. The van der Waals surface area contributed by atoms with Gasteiger partial charge in [0.2, 0.25) is 5.96 Å². The van der Waals surface area contributed by atoms with E-state index in [-0.39, 0.29) is 11.6 Å². The minimum atomic E-state index is -4.72. The van der Waals surface area contributed by atoms with Gasteiger partial charge in [-0.1, -0.05) is 18.2 Å². The number of benzene rings is 2. The number of amides is 1. The first-order chi connectivity index (χ1) is 16.6. The Morgan fingerprint density at radius 2 is 2.03 bits per heavy atom. The second-order valence-electron chi connectivity index (χ2n) is 8.37. The average molecular weight is 487 g/mol. The van der Waals surface area contributed by atoms with Crippen molar-refractivity contribution in [2.24, 2.45) is 10.7 Å². The van der Waals surface area contributed by atoms with Crippen molar-refractivity contribution >= 4 is 17.6 Å². The zero-order valence-corrected chi connectivity index (χ0v) is 18.4. The first kappa shape index (κ1) is 22.8. The number of carbonyl (C=O) groups excluding carboxylic acids is 1. The molecule has 2 atom stereocenters. The van der Waals surface area contributed by atoms with Crippen molar-refractivity contribution in [3.8, 4) is 0 Å². The van der Waals surface area contributed by atoms with Crippen LogP contribution in [-0.2, 0) is 19.3 Å². The molecule has 0 bridgehead atoms. The minimum Gasteiger partial charge on any atom is -0.366 e. The lowest BCUT2D eigenvalue weighted by molar-refractivity contribution is -0.138. The van der Waals surface area contributed by atoms with Crippen LogP contribution in [0.4, 0.5) is 23.2 Å². The third kappa shape index (κ3) is 3.99. The molecule has 1 amide bonds. The molecule has 0 radical (unpaired) electrons. The molecule has 0 aliphatic carbocycles. The number of fused-ring (bicyclic) bond motifs is 2. The molecule has 0 saturated carbocycles. The second-order valence-corrected chi connectivity index (χ2v) is 8.37. The molecule has 1 unspecified atom stereocenters. The van der Waals surface area contributed by atoms with Gasteiger partial charge in [-0.25, -0.2) is 9.38 Å². The molecule has 2 aliphatic rings. The number of nitrogens with zero attached hydrogens (tertiary/aromatic N) is 3. The lowest BCUT2D eigenvalue weighted by Crippen LogP contribution is -2.40. The highest BCUT2D eigenvalue weighted by Gasteiger charge is 2.36. The molecule has 1 aromatic heterocycles. The fourth-order valence-corrected chi connectivity index (χ4v) is 4.53. The van der Waals surface area contributed by atoms with E-state index < -0.39 is 41.7 Å². The van der Waals surface area contributed by atoms with Crippen LogP contribution in [0.2, 0.25) is 0 Å². The molecule has 0 spiro atoms. The van der Waals surface area contributed by atoms with Crippen molar-refractivity contribution in [2.75, 3.05) is 5.32 Å². The van der Waals surface area contributed by atoms with Crippen LogP contribution in [0.5, 0.6) is 0 Å². The van der Waals surface area contributed by atoms with Gasteiger partial charge in [-0.15, -0.1) is 0 Å². The Morgan fingerprint density at radius 1 is 1.26 bits per heavy atom. The first-order valence-electron chi connectivity index (χ1n) is 10.8. The van der Waals surface area contributed by atoms with Crippen LogP contribution in [0.25, 0.3) is 0 Å². The van der Waals surface area contributed by atoms with Gasteiger partial charge < -0.3 is 16.0 Å². The predicted molar refractivity (Wildman–Crippen MR) is 120 cm³/mol. The zero-order chi connectivity index (χ0) is 24.9. The normalized spacial score (nSPS) is 19.1. The number of nitrogens with one attached hydrogen (secondary N) is 3. The number of aromatic amines is 1. The van der Waals surface area contributed by atoms with Crippen molar-refractivity contribution < 1.29 is 22.4 Å². The third-order valence-electron chi connectivity index (χ3n) is 6.29. The maximum absolute atomic E-state index is 14.4.